The molecule has 1 amide bonds. The van der Waals surface area contributed by atoms with Gasteiger partial charge in [-0.2, -0.15) is 0 Å². The molecule has 0 saturated carbocycles. The zero-order valence-corrected chi connectivity index (χ0v) is 12.1. The highest BCUT2D eigenvalue weighted by Crippen LogP contribution is 2.22. The van der Waals surface area contributed by atoms with E-state index in [1.54, 1.807) is 0 Å². The Bertz CT molecular complexity index is 643. The van der Waals surface area contributed by atoms with Gasteiger partial charge in [0.1, 0.15) is 10.7 Å². The molecule has 0 aromatic carbocycles. The number of carbonyl (C=O) groups excluding carboxylic acids is 1. The smallest absolute Gasteiger partial charge is 0.266 e. The maximum absolute atomic E-state index is 12.5. The third-order valence-electron chi connectivity index (χ3n) is 3.31. The number of fused-ring (bicyclic) bond motifs is 1. The van der Waals surface area contributed by atoms with Gasteiger partial charge < -0.3 is 9.47 Å². The average molecular weight is 276 g/mol. The molecule has 0 spiro atoms. The number of hydrogen-bond donors (Lipinski definition) is 0. The van der Waals surface area contributed by atoms with Gasteiger partial charge >= 0.3 is 0 Å². The fraction of sp³-hybridized carbons (Fsp3) is 0.462. The van der Waals surface area contributed by atoms with Crippen molar-refractivity contribution in [2.45, 2.75) is 33.9 Å². The fourth-order valence-electron chi connectivity index (χ4n) is 2.44. The quantitative estimate of drug-likeness (QED) is 0.799. The zero-order chi connectivity index (χ0) is 13.6. The molecule has 0 fully saturated rings. The third-order valence-corrected chi connectivity index (χ3v) is 4.37. The SMILES string of the molecule is Cc1cn2c(n1)CN(C(=O)c1sc(C)nc1C)CC2. The summed E-state index contributed by atoms with van der Waals surface area (Å²) in [6.07, 6.45) is 2.04. The van der Waals surface area contributed by atoms with E-state index in [0.29, 0.717) is 6.54 Å². The standard InChI is InChI=1S/C13H16N4OS/c1-8-6-16-4-5-17(7-11(16)14-8)13(18)12-9(2)15-10(3)19-12/h6H,4-5,7H2,1-3H3. The lowest BCUT2D eigenvalue weighted by molar-refractivity contribution is 0.0711. The van der Waals surface area contributed by atoms with Crippen LogP contribution in [0.2, 0.25) is 0 Å². The maximum Gasteiger partial charge on any atom is 0.266 e. The van der Waals surface area contributed by atoms with Gasteiger partial charge in [-0.3, -0.25) is 4.79 Å². The van der Waals surface area contributed by atoms with Gasteiger partial charge in [-0.15, -0.1) is 11.3 Å². The van der Waals surface area contributed by atoms with Gasteiger partial charge in [0.05, 0.1) is 22.9 Å². The molecule has 0 N–H and O–H groups in total. The summed E-state index contributed by atoms with van der Waals surface area (Å²) in [6.45, 7) is 7.94. The lowest BCUT2D eigenvalue weighted by atomic mass is 10.3. The molecule has 1 aliphatic heterocycles. The molecule has 3 rings (SSSR count). The zero-order valence-electron chi connectivity index (χ0n) is 11.3. The molecular weight excluding hydrogens is 260 g/mol. The lowest BCUT2D eigenvalue weighted by Crippen LogP contribution is -2.38. The van der Waals surface area contributed by atoms with Crippen molar-refractivity contribution in [1.29, 1.82) is 0 Å². The summed E-state index contributed by atoms with van der Waals surface area (Å²) in [7, 11) is 0. The van der Waals surface area contributed by atoms with E-state index in [0.717, 1.165) is 40.2 Å². The second-order valence-corrected chi connectivity index (χ2v) is 6.07. The van der Waals surface area contributed by atoms with Crippen LogP contribution in [-0.2, 0) is 13.1 Å². The van der Waals surface area contributed by atoms with Crippen LogP contribution in [0.3, 0.4) is 0 Å². The van der Waals surface area contributed by atoms with Crippen LogP contribution in [0.5, 0.6) is 0 Å². The first-order chi connectivity index (χ1) is 9.04. The Morgan fingerprint density at radius 1 is 1.26 bits per heavy atom. The molecule has 3 heterocycles. The molecule has 19 heavy (non-hydrogen) atoms. The average Bonchev–Trinajstić information content (AvgIpc) is 2.88. The van der Waals surface area contributed by atoms with Crippen LogP contribution in [0.4, 0.5) is 0 Å². The first-order valence-electron chi connectivity index (χ1n) is 6.30. The second kappa shape index (κ2) is 4.45. The monoisotopic (exact) mass is 276 g/mol. The van der Waals surface area contributed by atoms with Gasteiger partial charge in [-0.25, -0.2) is 9.97 Å². The molecule has 0 bridgehead atoms. The van der Waals surface area contributed by atoms with Crippen LogP contribution in [0.1, 0.15) is 31.9 Å². The summed E-state index contributed by atoms with van der Waals surface area (Å²) in [5.74, 6) is 1.05. The largest absolute Gasteiger partial charge is 0.331 e. The lowest BCUT2D eigenvalue weighted by Gasteiger charge is -2.27. The van der Waals surface area contributed by atoms with E-state index >= 15 is 0 Å². The Labute approximate surface area is 115 Å². The normalized spacial score (nSPS) is 14.6. The summed E-state index contributed by atoms with van der Waals surface area (Å²) in [4.78, 5) is 23.9. The van der Waals surface area contributed by atoms with E-state index in [-0.39, 0.29) is 5.91 Å². The van der Waals surface area contributed by atoms with Crippen molar-refractivity contribution in [3.8, 4) is 0 Å². The van der Waals surface area contributed by atoms with Gasteiger partial charge in [0, 0.05) is 19.3 Å². The molecule has 1 aliphatic rings. The van der Waals surface area contributed by atoms with Gasteiger partial charge in [-0.05, 0) is 20.8 Å². The minimum absolute atomic E-state index is 0.0787. The van der Waals surface area contributed by atoms with Crippen molar-refractivity contribution in [3.05, 3.63) is 33.3 Å². The van der Waals surface area contributed by atoms with E-state index < -0.39 is 0 Å². The first kappa shape index (κ1) is 12.3. The molecule has 5 nitrogen and oxygen atoms in total. The fourth-order valence-corrected chi connectivity index (χ4v) is 3.33. The summed E-state index contributed by atoms with van der Waals surface area (Å²) in [6, 6.07) is 0. The minimum atomic E-state index is 0.0787. The number of amides is 1. The van der Waals surface area contributed by atoms with Crippen molar-refractivity contribution in [2.75, 3.05) is 6.54 Å². The van der Waals surface area contributed by atoms with E-state index in [1.165, 1.54) is 11.3 Å². The Morgan fingerprint density at radius 3 is 2.74 bits per heavy atom. The summed E-state index contributed by atoms with van der Waals surface area (Å²) < 4.78 is 2.13. The molecule has 0 aliphatic carbocycles. The number of carbonyl (C=O) groups is 1. The molecule has 100 valence electrons. The maximum atomic E-state index is 12.5. The molecule has 0 radical (unpaired) electrons. The highest BCUT2D eigenvalue weighted by molar-refractivity contribution is 7.13. The van der Waals surface area contributed by atoms with Crippen LogP contribution in [0.25, 0.3) is 0 Å². The van der Waals surface area contributed by atoms with Crippen molar-refractivity contribution in [2.24, 2.45) is 0 Å². The van der Waals surface area contributed by atoms with Crippen LogP contribution >= 0.6 is 11.3 Å². The molecular formula is C13H16N4OS. The molecule has 2 aromatic rings. The first-order valence-corrected chi connectivity index (χ1v) is 7.12. The van der Waals surface area contributed by atoms with Crippen molar-refractivity contribution in [1.82, 2.24) is 19.4 Å². The molecule has 0 atom stereocenters. The van der Waals surface area contributed by atoms with Crippen molar-refractivity contribution in [3.63, 3.8) is 0 Å². The molecule has 2 aromatic heterocycles. The number of thiazole rings is 1. The van der Waals surface area contributed by atoms with Gasteiger partial charge in [-0.1, -0.05) is 0 Å². The number of aromatic nitrogens is 3. The van der Waals surface area contributed by atoms with E-state index in [4.69, 9.17) is 0 Å². The number of hydrogen-bond acceptors (Lipinski definition) is 4. The third kappa shape index (κ3) is 2.16. The Morgan fingerprint density at radius 2 is 2.05 bits per heavy atom. The Hall–Kier alpha value is -1.69. The highest BCUT2D eigenvalue weighted by Gasteiger charge is 2.25. The van der Waals surface area contributed by atoms with Crippen molar-refractivity contribution >= 4 is 17.2 Å². The minimum Gasteiger partial charge on any atom is -0.331 e. The van der Waals surface area contributed by atoms with Crippen LogP contribution < -0.4 is 0 Å². The highest BCUT2D eigenvalue weighted by atomic mass is 32.1. The van der Waals surface area contributed by atoms with Crippen molar-refractivity contribution < 1.29 is 4.79 Å². The molecule has 6 heteroatoms. The number of imidazole rings is 1. The second-order valence-electron chi connectivity index (χ2n) is 4.87. The van der Waals surface area contributed by atoms with Gasteiger partial charge in [0.25, 0.3) is 5.91 Å². The molecule has 0 unspecified atom stereocenters. The number of nitrogens with zero attached hydrogens (tertiary/aromatic N) is 4. The summed E-state index contributed by atoms with van der Waals surface area (Å²) in [5.41, 5.74) is 1.84. The summed E-state index contributed by atoms with van der Waals surface area (Å²) in [5, 5.41) is 0.940. The van der Waals surface area contributed by atoms with E-state index in [9.17, 15) is 4.79 Å². The van der Waals surface area contributed by atoms with Crippen LogP contribution in [0, 0.1) is 20.8 Å². The van der Waals surface area contributed by atoms with Crippen LogP contribution in [0.15, 0.2) is 6.20 Å². The molecule has 0 saturated heterocycles. The predicted molar refractivity (Wildman–Crippen MR) is 73.3 cm³/mol. The van der Waals surface area contributed by atoms with Crippen LogP contribution in [-0.4, -0.2) is 31.9 Å². The number of aryl methyl sites for hydroxylation is 3. The Kier molecular flexibility index (Phi) is 2.89. The topological polar surface area (TPSA) is 51.0 Å². The van der Waals surface area contributed by atoms with E-state index in [2.05, 4.69) is 14.5 Å². The van der Waals surface area contributed by atoms with Gasteiger partial charge in [0.2, 0.25) is 0 Å². The summed E-state index contributed by atoms with van der Waals surface area (Å²) >= 11 is 1.47. The Balaban J connectivity index is 1.85. The van der Waals surface area contributed by atoms with Gasteiger partial charge in [0.15, 0.2) is 0 Å². The predicted octanol–water partition coefficient (Wildman–Crippen LogP) is 1.92. The number of rotatable bonds is 1. The van der Waals surface area contributed by atoms with E-state index in [1.807, 2.05) is 31.9 Å².